The molecule has 0 saturated heterocycles. The lowest BCUT2D eigenvalue weighted by molar-refractivity contribution is 0.260. The van der Waals surface area contributed by atoms with Crippen molar-refractivity contribution in [3.05, 3.63) is 0 Å². The molecule has 0 bridgehead atoms. The van der Waals surface area contributed by atoms with Gasteiger partial charge >= 0.3 is 0 Å². The molecule has 5 heteroatoms. The SMILES string of the molecule is FC(F)Br.FCF. The lowest BCUT2D eigenvalue weighted by atomic mass is 11.7. The first-order valence-electron chi connectivity index (χ1n) is 1.19. The highest BCUT2D eigenvalue weighted by Crippen LogP contribution is 1.97. The molecular formula is C2H3BrF4. The predicted molar refractivity (Wildman–Crippen MR) is 22.0 cm³/mol. The normalized spacial score (nSPS) is 7.71. The van der Waals surface area contributed by atoms with Crippen molar-refractivity contribution in [1.29, 1.82) is 0 Å². The summed E-state index contributed by atoms with van der Waals surface area (Å²) in [6.07, 6.45) is 0. The first kappa shape index (κ1) is 10.2. The quantitative estimate of drug-likeness (QED) is 0.399. The topological polar surface area (TPSA) is 0 Å². The van der Waals surface area contributed by atoms with E-state index in [1.807, 2.05) is 15.9 Å². The van der Waals surface area contributed by atoms with E-state index in [0.29, 0.717) is 0 Å². The van der Waals surface area contributed by atoms with Crippen molar-refractivity contribution in [3.8, 4) is 0 Å². The minimum Gasteiger partial charge on any atom is -0.214 e. The van der Waals surface area contributed by atoms with Crippen molar-refractivity contribution in [2.24, 2.45) is 0 Å². The summed E-state index contributed by atoms with van der Waals surface area (Å²) in [6.45, 7) is -1.75. The molecule has 0 aromatic heterocycles. The van der Waals surface area contributed by atoms with Gasteiger partial charge in [0.1, 0.15) is 0 Å². The van der Waals surface area contributed by atoms with Crippen molar-refractivity contribution in [2.75, 3.05) is 6.93 Å². The minimum absolute atomic E-state index is 1.75. The smallest absolute Gasteiger partial charge is 0.214 e. The number of halogens is 5. The highest BCUT2D eigenvalue weighted by atomic mass is 79.9. The first-order chi connectivity index (χ1) is 3.15. The summed E-state index contributed by atoms with van der Waals surface area (Å²) in [5.74, 6) is 0. The van der Waals surface area contributed by atoms with Crippen LogP contribution in [0.5, 0.6) is 0 Å². The molecule has 0 rings (SSSR count). The summed E-state index contributed by atoms with van der Waals surface area (Å²) in [5.41, 5.74) is 0. The van der Waals surface area contributed by atoms with Gasteiger partial charge in [-0.3, -0.25) is 0 Å². The van der Waals surface area contributed by atoms with E-state index in [-0.39, 0.29) is 0 Å². The summed E-state index contributed by atoms with van der Waals surface area (Å²) >= 11 is 1.94. The van der Waals surface area contributed by atoms with E-state index < -0.39 is 12.3 Å². The van der Waals surface area contributed by atoms with Crippen LogP contribution >= 0.6 is 15.9 Å². The second-order valence-electron chi connectivity index (χ2n) is 0.348. The molecule has 0 N–H and O–H groups in total. The molecule has 0 fully saturated rings. The first-order valence-corrected chi connectivity index (χ1v) is 2.10. The van der Waals surface area contributed by atoms with Crippen LogP contribution in [0.4, 0.5) is 17.6 Å². The summed E-state index contributed by atoms with van der Waals surface area (Å²) < 4.78 is 39.8. The summed E-state index contributed by atoms with van der Waals surface area (Å²) in [6, 6.07) is 0. The molecule has 0 saturated carbocycles. The molecule has 0 atom stereocenters. The zero-order valence-electron chi connectivity index (χ0n) is 3.17. The van der Waals surface area contributed by atoms with Crippen LogP contribution in [0.3, 0.4) is 0 Å². The Balaban J connectivity index is 0. The Kier molecular flexibility index (Phi) is 13.9. The molecule has 0 nitrogen and oxygen atoms in total. The van der Waals surface area contributed by atoms with Crippen molar-refractivity contribution in [1.82, 2.24) is 0 Å². The van der Waals surface area contributed by atoms with Crippen molar-refractivity contribution in [3.63, 3.8) is 0 Å². The Morgan fingerprint density at radius 2 is 1.29 bits per heavy atom. The van der Waals surface area contributed by atoms with Gasteiger partial charge in [0.05, 0.1) is 0 Å². The van der Waals surface area contributed by atoms with E-state index in [2.05, 4.69) is 0 Å². The average molecular weight is 183 g/mol. The monoisotopic (exact) mass is 182 g/mol. The van der Waals surface area contributed by atoms with E-state index in [1.54, 1.807) is 0 Å². The van der Waals surface area contributed by atoms with E-state index in [1.165, 1.54) is 0 Å². The van der Waals surface area contributed by atoms with E-state index in [0.717, 1.165) is 0 Å². The highest BCUT2D eigenvalue weighted by Gasteiger charge is 1.83. The zero-order chi connectivity index (χ0) is 6.28. The van der Waals surface area contributed by atoms with Crippen LogP contribution in [-0.2, 0) is 0 Å². The predicted octanol–water partition coefficient (Wildman–Crippen LogP) is 2.49. The molecule has 0 aliphatic heterocycles. The fourth-order valence-corrected chi connectivity index (χ4v) is 0. The number of rotatable bonds is 0. The van der Waals surface area contributed by atoms with Gasteiger partial charge in [0.15, 0.2) is 0 Å². The van der Waals surface area contributed by atoms with Gasteiger partial charge in [0.2, 0.25) is 6.93 Å². The Hall–Kier alpha value is 0.200. The Labute approximate surface area is 46.6 Å². The maximum Gasteiger partial charge on any atom is 0.292 e. The summed E-state index contributed by atoms with van der Waals surface area (Å²) in [7, 11) is 0. The number of hydrogen-bond donors (Lipinski definition) is 0. The Morgan fingerprint density at radius 1 is 1.29 bits per heavy atom. The fourth-order valence-electron chi connectivity index (χ4n) is 0. The molecule has 0 heterocycles. The second-order valence-corrected chi connectivity index (χ2v) is 1.04. The number of alkyl halides is 5. The van der Waals surface area contributed by atoms with E-state index in [4.69, 9.17) is 0 Å². The molecule has 0 aromatic carbocycles. The zero-order valence-corrected chi connectivity index (χ0v) is 4.76. The Morgan fingerprint density at radius 3 is 1.29 bits per heavy atom. The van der Waals surface area contributed by atoms with E-state index >= 15 is 0 Å². The molecule has 0 aliphatic carbocycles. The maximum atomic E-state index is 10.2. The van der Waals surface area contributed by atoms with Crippen LogP contribution in [0.2, 0.25) is 0 Å². The van der Waals surface area contributed by atoms with Gasteiger partial charge in [0, 0.05) is 0 Å². The minimum atomic E-state index is -2.35. The molecule has 0 amide bonds. The summed E-state index contributed by atoms with van der Waals surface area (Å²) in [4.78, 5) is 0. The van der Waals surface area contributed by atoms with Gasteiger partial charge in [0.25, 0.3) is 5.33 Å². The third-order valence-corrected chi connectivity index (χ3v) is 0. The van der Waals surface area contributed by atoms with Crippen LogP contribution in [-0.4, -0.2) is 12.3 Å². The van der Waals surface area contributed by atoms with Gasteiger partial charge < -0.3 is 0 Å². The molecular weight excluding hydrogens is 180 g/mol. The summed E-state index contributed by atoms with van der Waals surface area (Å²) in [5, 5.41) is -2.35. The van der Waals surface area contributed by atoms with Gasteiger partial charge in [-0.15, -0.1) is 0 Å². The van der Waals surface area contributed by atoms with Gasteiger partial charge in [-0.25, -0.2) is 8.78 Å². The molecule has 0 spiro atoms. The lowest BCUT2D eigenvalue weighted by Crippen LogP contribution is -1.60. The third kappa shape index (κ3) is 2730. The highest BCUT2D eigenvalue weighted by molar-refractivity contribution is 9.09. The number of hydrogen-bond acceptors (Lipinski definition) is 0. The van der Waals surface area contributed by atoms with Crippen molar-refractivity contribution in [2.45, 2.75) is 5.33 Å². The van der Waals surface area contributed by atoms with Crippen molar-refractivity contribution < 1.29 is 17.6 Å². The van der Waals surface area contributed by atoms with Crippen LogP contribution in [0.15, 0.2) is 0 Å². The molecule has 0 unspecified atom stereocenters. The fraction of sp³-hybridized carbons (Fsp3) is 1.00. The third-order valence-electron chi connectivity index (χ3n) is 0. The van der Waals surface area contributed by atoms with E-state index in [9.17, 15) is 17.6 Å². The van der Waals surface area contributed by atoms with Gasteiger partial charge in [-0.1, -0.05) is 0 Å². The van der Waals surface area contributed by atoms with Crippen molar-refractivity contribution >= 4 is 15.9 Å². The average Bonchev–Trinajstić information content (AvgIpc) is 1.33. The van der Waals surface area contributed by atoms with Gasteiger partial charge in [-0.2, -0.15) is 8.78 Å². The van der Waals surface area contributed by atoms with Crippen LogP contribution in [0.1, 0.15) is 0 Å². The molecule has 7 heavy (non-hydrogen) atoms. The standard InChI is InChI=1S/CHBrF2.CH2F2/c2-1(3)4;2-1-3/h1H;1H2. The van der Waals surface area contributed by atoms with Crippen LogP contribution < -0.4 is 0 Å². The molecule has 46 valence electrons. The molecule has 0 aromatic rings. The van der Waals surface area contributed by atoms with Crippen LogP contribution in [0.25, 0.3) is 0 Å². The maximum absolute atomic E-state index is 10.2. The molecule has 0 radical (unpaired) electrons. The Bertz CT molecular complexity index is 20.9. The molecule has 0 aliphatic rings. The second kappa shape index (κ2) is 9.50. The largest absolute Gasteiger partial charge is 0.292 e. The van der Waals surface area contributed by atoms with Crippen LogP contribution in [0, 0.1) is 0 Å². The van der Waals surface area contributed by atoms with Gasteiger partial charge in [-0.05, 0) is 15.9 Å². The lowest BCUT2D eigenvalue weighted by Gasteiger charge is -1.67.